The van der Waals surface area contributed by atoms with E-state index in [2.05, 4.69) is 5.32 Å². The van der Waals surface area contributed by atoms with Crippen molar-refractivity contribution in [3.05, 3.63) is 22.4 Å². The Kier molecular flexibility index (Phi) is 6.30. The van der Waals surface area contributed by atoms with Gasteiger partial charge in [0.2, 0.25) is 0 Å². The number of ether oxygens (including phenoxy) is 1. The zero-order chi connectivity index (χ0) is 11.8. The fourth-order valence-electron chi connectivity index (χ4n) is 1.24. The summed E-state index contributed by atoms with van der Waals surface area (Å²) < 4.78 is 5.40. The van der Waals surface area contributed by atoms with Crippen molar-refractivity contribution in [3.63, 3.8) is 0 Å². The summed E-state index contributed by atoms with van der Waals surface area (Å²) in [6.07, 6.45) is 1.23. The van der Waals surface area contributed by atoms with Crippen molar-refractivity contribution in [2.24, 2.45) is 0 Å². The number of carbonyl (C=O) groups is 1. The van der Waals surface area contributed by atoms with Crippen LogP contribution in [-0.4, -0.2) is 31.6 Å². The van der Waals surface area contributed by atoms with Crippen molar-refractivity contribution >= 4 is 17.1 Å². The first-order valence-corrected chi connectivity index (χ1v) is 6.47. The van der Waals surface area contributed by atoms with E-state index in [4.69, 9.17) is 4.74 Å². The lowest BCUT2D eigenvalue weighted by Gasteiger charge is -2.07. The molecule has 0 unspecified atom stereocenters. The summed E-state index contributed by atoms with van der Waals surface area (Å²) in [6, 6.07) is 3.75. The Morgan fingerprint density at radius 3 is 3.00 bits per heavy atom. The van der Waals surface area contributed by atoms with Crippen LogP contribution < -0.4 is 5.32 Å². The molecule has 0 aromatic carbocycles. The highest BCUT2D eigenvalue weighted by Crippen LogP contribution is 2.08. The molecule has 1 aromatic rings. The first-order valence-electron chi connectivity index (χ1n) is 5.59. The van der Waals surface area contributed by atoms with Crippen molar-refractivity contribution < 1.29 is 9.53 Å². The second-order valence-corrected chi connectivity index (χ2v) is 4.80. The molecule has 1 heterocycles. The minimum Gasteiger partial charge on any atom is -0.379 e. The quantitative estimate of drug-likeness (QED) is 0.561. The van der Waals surface area contributed by atoms with Crippen LogP contribution in [0.5, 0.6) is 0 Å². The predicted octanol–water partition coefficient (Wildman–Crippen LogP) is 2.34. The largest absolute Gasteiger partial charge is 0.379 e. The van der Waals surface area contributed by atoms with Gasteiger partial charge in [-0.3, -0.25) is 4.79 Å². The Balaban J connectivity index is 2.01. The van der Waals surface area contributed by atoms with Gasteiger partial charge in [-0.05, 0) is 38.3 Å². The van der Waals surface area contributed by atoms with E-state index in [1.54, 1.807) is 0 Å². The summed E-state index contributed by atoms with van der Waals surface area (Å²) in [5.41, 5.74) is 0. The molecule has 0 fully saturated rings. The van der Waals surface area contributed by atoms with Crippen molar-refractivity contribution in [3.8, 4) is 0 Å². The molecule has 1 aromatic heterocycles. The number of Topliss-reactive ketones (excluding diaryl/α,β-unsaturated/α-hetero) is 1. The molecule has 1 N–H and O–H groups in total. The lowest BCUT2D eigenvalue weighted by molar-refractivity contribution is 0.0767. The smallest absolute Gasteiger partial charge is 0.186 e. The monoisotopic (exact) mass is 241 g/mol. The summed E-state index contributed by atoms with van der Waals surface area (Å²) in [5.74, 6) is 0.166. The van der Waals surface area contributed by atoms with E-state index in [1.807, 2.05) is 31.4 Å². The molecule has 0 aliphatic carbocycles. The molecule has 0 radical (unpaired) electrons. The maximum absolute atomic E-state index is 11.6. The molecule has 0 amide bonds. The van der Waals surface area contributed by atoms with Crippen LogP contribution in [0.1, 0.15) is 29.9 Å². The third-order valence-electron chi connectivity index (χ3n) is 2.03. The van der Waals surface area contributed by atoms with Crippen molar-refractivity contribution in [1.82, 2.24) is 5.32 Å². The number of thiophene rings is 1. The summed E-state index contributed by atoms with van der Waals surface area (Å²) in [4.78, 5) is 12.4. The normalized spacial score (nSPS) is 10.9. The van der Waals surface area contributed by atoms with E-state index in [-0.39, 0.29) is 11.9 Å². The zero-order valence-corrected chi connectivity index (χ0v) is 10.7. The molecule has 4 heteroatoms. The Hall–Kier alpha value is -0.710. The Labute approximate surface area is 101 Å². The van der Waals surface area contributed by atoms with Crippen LogP contribution in [0.2, 0.25) is 0 Å². The topological polar surface area (TPSA) is 38.3 Å². The van der Waals surface area contributed by atoms with Gasteiger partial charge in [-0.2, -0.15) is 0 Å². The molecule has 90 valence electrons. The number of hydrogen-bond acceptors (Lipinski definition) is 4. The Bertz CT molecular complexity index is 296. The highest BCUT2D eigenvalue weighted by atomic mass is 32.1. The number of rotatable bonds is 8. The van der Waals surface area contributed by atoms with Gasteiger partial charge in [0.1, 0.15) is 0 Å². The predicted molar refractivity (Wildman–Crippen MR) is 67.2 cm³/mol. The van der Waals surface area contributed by atoms with Crippen molar-refractivity contribution in [1.29, 1.82) is 0 Å². The van der Waals surface area contributed by atoms with Gasteiger partial charge in [0.25, 0.3) is 0 Å². The first kappa shape index (κ1) is 13.4. The van der Waals surface area contributed by atoms with Crippen molar-refractivity contribution in [2.75, 3.05) is 19.7 Å². The summed E-state index contributed by atoms with van der Waals surface area (Å²) in [7, 11) is 0. The van der Waals surface area contributed by atoms with E-state index in [0.29, 0.717) is 6.54 Å². The van der Waals surface area contributed by atoms with E-state index in [9.17, 15) is 4.79 Å². The van der Waals surface area contributed by atoms with Gasteiger partial charge in [-0.15, -0.1) is 11.3 Å². The van der Waals surface area contributed by atoms with Crippen LogP contribution in [-0.2, 0) is 4.74 Å². The molecule has 3 nitrogen and oxygen atoms in total. The highest BCUT2D eigenvalue weighted by Gasteiger charge is 2.05. The van der Waals surface area contributed by atoms with Gasteiger partial charge in [-0.1, -0.05) is 6.07 Å². The lowest BCUT2D eigenvalue weighted by Crippen LogP contribution is -2.24. The molecule has 0 spiro atoms. The molecular weight excluding hydrogens is 222 g/mol. The summed E-state index contributed by atoms with van der Waals surface area (Å²) in [6.45, 7) is 6.03. The van der Waals surface area contributed by atoms with Crippen LogP contribution in [0.15, 0.2) is 17.5 Å². The Morgan fingerprint density at radius 2 is 2.38 bits per heavy atom. The number of nitrogens with one attached hydrogen (secondary N) is 1. The second-order valence-electron chi connectivity index (χ2n) is 3.85. The van der Waals surface area contributed by atoms with Gasteiger partial charge in [0, 0.05) is 6.61 Å². The molecular formula is C12H19NO2S. The molecule has 0 aliphatic rings. The minimum absolute atomic E-state index is 0.166. The van der Waals surface area contributed by atoms with Crippen LogP contribution in [0.3, 0.4) is 0 Å². The second kappa shape index (κ2) is 7.54. The third kappa shape index (κ3) is 5.39. The zero-order valence-electron chi connectivity index (χ0n) is 9.86. The molecule has 0 saturated heterocycles. The third-order valence-corrected chi connectivity index (χ3v) is 2.94. The fourth-order valence-corrected chi connectivity index (χ4v) is 1.91. The Morgan fingerprint density at radius 1 is 1.56 bits per heavy atom. The molecule has 1 rings (SSSR count). The maximum Gasteiger partial charge on any atom is 0.186 e. The van der Waals surface area contributed by atoms with Crippen LogP contribution in [0, 0.1) is 0 Å². The standard InChI is InChI=1S/C12H19NO2S/c1-10(2)15-7-4-6-13-9-11(14)12-5-3-8-16-12/h3,5,8,10,13H,4,6-7,9H2,1-2H3. The van der Waals surface area contributed by atoms with Gasteiger partial charge in [0.05, 0.1) is 17.5 Å². The van der Waals surface area contributed by atoms with E-state index in [1.165, 1.54) is 11.3 Å². The molecule has 0 saturated carbocycles. The lowest BCUT2D eigenvalue weighted by atomic mass is 10.3. The van der Waals surface area contributed by atoms with Gasteiger partial charge >= 0.3 is 0 Å². The SMILES string of the molecule is CC(C)OCCCNCC(=O)c1cccs1. The van der Waals surface area contributed by atoms with Crippen molar-refractivity contribution in [2.45, 2.75) is 26.4 Å². The minimum atomic E-state index is 0.166. The number of carbonyl (C=O) groups excluding carboxylic acids is 1. The van der Waals surface area contributed by atoms with E-state index >= 15 is 0 Å². The van der Waals surface area contributed by atoms with Crippen LogP contribution in [0.25, 0.3) is 0 Å². The van der Waals surface area contributed by atoms with E-state index in [0.717, 1.165) is 24.4 Å². The van der Waals surface area contributed by atoms with Gasteiger partial charge in [0.15, 0.2) is 5.78 Å². The molecule has 0 bridgehead atoms. The number of hydrogen-bond donors (Lipinski definition) is 1. The average molecular weight is 241 g/mol. The summed E-state index contributed by atoms with van der Waals surface area (Å²) >= 11 is 1.49. The summed E-state index contributed by atoms with van der Waals surface area (Å²) in [5, 5.41) is 5.04. The number of ketones is 1. The van der Waals surface area contributed by atoms with Gasteiger partial charge < -0.3 is 10.1 Å². The maximum atomic E-state index is 11.6. The molecule has 16 heavy (non-hydrogen) atoms. The fraction of sp³-hybridized carbons (Fsp3) is 0.583. The molecule has 0 atom stereocenters. The highest BCUT2D eigenvalue weighted by molar-refractivity contribution is 7.12. The van der Waals surface area contributed by atoms with Crippen LogP contribution in [0.4, 0.5) is 0 Å². The van der Waals surface area contributed by atoms with E-state index < -0.39 is 0 Å². The molecule has 0 aliphatic heterocycles. The average Bonchev–Trinajstić information content (AvgIpc) is 2.75. The first-order chi connectivity index (χ1) is 7.70. The van der Waals surface area contributed by atoms with Gasteiger partial charge in [-0.25, -0.2) is 0 Å². The van der Waals surface area contributed by atoms with Crippen LogP contribution >= 0.6 is 11.3 Å².